The molecule has 1 saturated heterocycles. The zero-order chi connectivity index (χ0) is 19.3. The Balaban J connectivity index is 1.43. The van der Waals surface area contributed by atoms with Crippen molar-refractivity contribution in [1.82, 2.24) is 10.2 Å². The topological polar surface area (TPSA) is 67.3 Å². The van der Waals surface area contributed by atoms with E-state index in [1.165, 1.54) is 0 Å². The number of thiophene rings is 1. The van der Waals surface area contributed by atoms with Gasteiger partial charge < -0.3 is 15.0 Å². The molecule has 144 valence electrons. The molecular weight excluding hydrogens is 372 g/mol. The Kier molecular flexibility index (Phi) is 5.53. The summed E-state index contributed by atoms with van der Waals surface area (Å²) in [5.74, 6) is 1.39. The standard InChI is InChI=1S/C21H22N4O2S/c1-27-18-8-3-2-7-16(18)22-21(26)15-6-4-12-25(14-15)20-11-10-17(23-24-20)19-9-5-13-28-19/h2-3,5,7-11,13,15H,4,6,12,14H2,1H3,(H,22,26). The summed E-state index contributed by atoms with van der Waals surface area (Å²) in [6.45, 7) is 1.51. The second-order valence-corrected chi connectivity index (χ2v) is 7.68. The number of anilines is 2. The molecule has 0 saturated carbocycles. The fourth-order valence-corrected chi connectivity index (χ4v) is 4.12. The Labute approximate surface area is 168 Å². The largest absolute Gasteiger partial charge is 0.495 e. The summed E-state index contributed by atoms with van der Waals surface area (Å²) in [6, 6.07) is 15.5. The van der Waals surface area contributed by atoms with E-state index in [2.05, 4.69) is 20.4 Å². The van der Waals surface area contributed by atoms with Crippen LogP contribution >= 0.6 is 11.3 Å². The molecule has 1 fully saturated rings. The van der Waals surface area contributed by atoms with Crippen molar-refractivity contribution in [2.75, 3.05) is 30.4 Å². The number of para-hydroxylation sites is 2. The number of hydrogen-bond acceptors (Lipinski definition) is 6. The van der Waals surface area contributed by atoms with Gasteiger partial charge in [-0.2, -0.15) is 0 Å². The van der Waals surface area contributed by atoms with Gasteiger partial charge in [0.05, 0.1) is 23.6 Å². The average Bonchev–Trinajstić information content (AvgIpc) is 3.29. The molecule has 1 unspecified atom stereocenters. The maximum absolute atomic E-state index is 12.8. The fourth-order valence-electron chi connectivity index (χ4n) is 3.43. The minimum atomic E-state index is -0.0996. The van der Waals surface area contributed by atoms with Gasteiger partial charge in [-0.1, -0.05) is 18.2 Å². The molecule has 6 nitrogen and oxygen atoms in total. The first kappa shape index (κ1) is 18.4. The van der Waals surface area contributed by atoms with Gasteiger partial charge >= 0.3 is 0 Å². The Morgan fingerprint density at radius 1 is 1.18 bits per heavy atom. The van der Waals surface area contributed by atoms with Crippen LogP contribution in [0.1, 0.15) is 12.8 Å². The van der Waals surface area contributed by atoms with Crippen molar-refractivity contribution < 1.29 is 9.53 Å². The first-order chi connectivity index (χ1) is 13.7. The zero-order valence-corrected chi connectivity index (χ0v) is 16.5. The number of carbonyl (C=O) groups excluding carboxylic acids is 1. The van der Waals surface area contributed by atoms with Gasteiger partial charge in [0, 0.05) is 13.1 Å². The molecule has 0 aliphatic carbocycles. The summed E-state index contributed by atoms with van der Waals surface area (Å²) in [6.07, 6.45) is 1.80. The van der Waals surface area contributed by atoms with Crippen molar-refractivity contribution in [3.8, 4) is 16.3 Å². The van der Waals surface area contributed by atoms with Gasteiger partial charge in [-0.05, 0) is 48.6 Å². The lowest BCUT2D eigenvalue weighted by Crippen LogP contribution is -2.41. The third-order valence-corrected chi connectivity index (χ3v) is 5.80. The number of ether oxygens (including phenoxy) is 1. The fraction of sp³-hybridized carbons (Fsp3) is 0.286. The minimum Gasteiger partial charge on any atom is -0.495 e. The lowest BCUT2D eigenvalue weighted by Gasteiger charge is -2.32. The molecule has 0 spiro atoms. The van der Waals surface area contributed by atoms with Crippen LogP contribution in [0, 0.1) is 5.92 Å². The maximum atomic E-state index is 12.8. The van der Waals surface area contributed by atoms with Gasteiger partial charge in [0.15, 0.2) is 5.82 Å². The number of rotatable bonds is 5. The number of hydrogen-bond donors (Lipinski definition) is 1. The Bertz CT molecular complexity index is 928. The molecule has 0 radical (unpaired) electrons. The Morgan fingerprint density at radius 2 is 2.07 bits per heavy atom. The molecule has 28 heavy (non-hydrogen) atoms. The molecule has 7 heteroatoms. The average molecular weight is 395 g/mol. The van der Waals surface area contributed by atoms with Crippen LogP contribution in [-0.4, -0.2) is 36.3 Å². The van der Waals surface area contributed by atoms with Crippen LogP contribution in [0.25, 0.3) is 10.6 Å². The molecule has 1 N–H and O–H groups in total. The van der Waals surface area contributed by atoms with Crippen molar-refractivity contribution in [2.45, 2.75) is 12.8 Å². The van der Waals surface area contributed by atoms with E-state index < -0.39 is 0 Å². The number of nitrogens with one attached hydrogen (secondary N) is 1. The van der Waals surface area contributed by atoms with E-state index in [0.717, 1.165) is 35.8 Å². The summed E-state index contributed by atoms with van der Waals surface area (Å²) in [5, 5.41) is 13.8. The summed E-state index contributed by atoms with van der Waals surface area (Å²) >= 11 is 1.65. The van der Waals surface area contributed by atoms with Crippen LogP contribution in [0.15, 0.2) is 53.9 Å². The van der Waals surface area contributed by atoms with E-state index in [1.54, 1.807) is 18.4 Å². The van der Waals surface area contributed by atoms with Crippen LogP contribution in [-0.2, 0) is 4.79 Å². The lowest BCUT2D eigenvalue weighted by atomic mass is 9.97. The van der Waals surface area contributed by atoms with E-state index in [9.17, 15) is 4.79 Å². The van der Waals surface area contributed by atoms with Gasteiger partial charge in [0.2, 0.25) is 5.91 Å². The van der Waals surface area contributed by atoms with Gasteiger partial charge in [-0.15, -0.1) is 21.5 Å². The number of aromatic nitrogens is 2. The van der Waals surface area contributed by atoms with Crippen LogP contribution in [0.5, 0.6) is 5.75 Å². The molecule has 1 aromatic carbocycles. The zero-order valence-electron chi connectivity index (χ0n) is 15.7. The van der Waals surface area contributed by atoms with Gasteiger partial charge in [0.25, 0.3) is 0 Å². The SMILES string of the molecule is COc1ccccc1NC(=O)C1CCCN(c2ccc(-c3cccs3)nn2)C1. The van der Waals surface area contributed by atoms with Gasteiger partial charge in [-0.3, -0.25) is 4.79 Å². The predicted octanol–water partition coefficient (Wildman–Crippen LogP) is 4.07. The van der Waals surface area contributed by atoms with Crippen molar-refractivity contribution in [2.24, 2.45) is 5.92 Å². The first-order valence-electron chi connectivity index (χ1n) is 9.31. The molecule has 3 aromatic rings. The molecule has 1 aliphatic rings. The van der Waals surface area contributed by atoms with E-state index in [-0.39, 0.29) is 11.8 Å². The Hall–Kier alpha value is -2.93. The summed E-state index contributed by atoms with van der Waals surface area (Å²) < 4.78 is 5.32. The highest BCUT2D eigenvalue weighted by molar-refractivity contribution is 7.13. The van der Waals surface area contributed by atoms with Crippen molar-refractivity contribution in [3.05, 3.63) is 53.9 Å². The van der Waals surface area contributed by atoms with Crippen LogP contribution in [0.4, 0.5) is 11.5 Å². The molecule has 1 amide bonds. The highest BCUT2D eigenvalue weighted by Crippen LogP contribution is 2.28. The van der Waals surface area contributed by atoms with Crippen LogP contribution in [0.3, 0.4) is 0 Å². The third kappa shape index (κ3) is 3.99. The normalized spacial score (nSPS) is 16.6. The van der Waals surface area contributed by atoms with Crippen LogP contribution < -0.4 is 15.0 Å². The van der Waals surface area contributed by atoms with Crippen molar-refractivity contribution in [3.63, 3.8) is 0 Å². The molecule has 1 aliphatic heterocycles. The molecule has 4 rings (SSSR count). The highest BCUT2D eigenvalue weighted by Gasteiger charge is 2.27. The second-order valence-electron chi connectivity index (χ2n) is 6.73. The van der Waals surface area contributed by atoms with Crippen molar-refractivity contribution >= 4 is 28.7 Å². The number of carbonyl (C=O) groups is 1. The minimum absolute atomic E-state index is 0.0114. The molecule has 2 aromatic heterocycles. The number of piperidine rings is 1. The predicted molar refractivity (Wildman–Crippen MR) is 112 cm³/mol. The number of amides is 1. The van der Waals surface area contributed by atoms with E-state index in [1.807, 2.05) is 53.9 Å². The van der Waals surface area contributed by atoms with Gasteiger partial charge in [0.1, 0.15) is 11.4 Å². The summed E-state index contributed by atoms with van der Waals surface area (Å²) in [7, 11) is 1.60. The Morgan fingerprint density at radius 3 is 2.82 bits per heavy atom. The number of nitrogens with zero attached hydrogens (tertiary/aromatic N) is 3. The lowest BCUT2D eigenvalue weighted by molar-refractivity contribution is -0.120. The quantitative estimate of drug-likeness (QED) is 0.707. The molecule has 3 heterocycles. The smallest absolute Gasteiger partial charge is 0.229 e. The van der Waals surface area contributed by atoms with Crippen LogP contribution in [0.2, 0.25) is 0 Å². The number of benzene rings is 1. The van der Waals surface area contributed by atoms with Gasteiger partial charge in [-0.25, -0.2) is 0 Å². The summed E-state index contributed by atoms with van der Waals surface area (Å²) in [5.41, 5.74) is 1.58. The molecule has 0 bridgehead atoms. The molecule has 1 atom stereocenters. The molecular formula is C21H22N4O2S. The maximum Gasteiger partial charge on any atom is 0.229 e. The van der Waals surface area contributed by atoms with E-state index in [0.29, 0.717) is 18.0 Å². The number of methoxy groups -OCH3 is 1. The van der Waals surface area contributed by atoms with Crippen molar-refractivity contribution in [1.29, 1.82) is 0 Å². The third-order valence-electron chi connectivity index (χ3n) is 4.91. The highest BCUT2D eigenvalue weighted by atomic mass is 32.1. The summed E-state index contributed by atoms with van der Waals surface area (Å²) in [4.78, 5) is 16.0. The van der Waals surface area contributed by atoms with E-state index in [4.69, 9.17) is 4.74 Å². The second kappa shape index (κ2) is 8.39. The monoisotopic (exact) mass is 394 g/mol. The van der Waals surface area contributed by atoms with E-state index >= 15 is 0 Å². The first-order valence-corrected chi connectivity index (χ1v) is 10.2.